The summed E-state index contributed by atoms with van der Waals surface area (Å²) < 4.78 is 1.62. The third kappa shape index (κ3) is 2.72. The van der Waals surface area contributed by atoms with E-state index in [0.717, 1.165) is 5.69 Å². The van der Waals surface area contributed by atoms with Gasteiger partial charge in [-0.2, -0.15) is 0 Å². The van der Waals surface area contributed by atoms with Crippen molar-refractivity contribution >= 4 is 17.2 Å². The van der Waals surface area contributed by atoms with E-state index in [1.165, 1.54) is 11.3 Å². The second-order valence-electron chi connectivity index (χ2n) is 4.03. The van der Waals surface area contributed by atoms with Crippen LogP contribution in [0, 0.1) is 0 Å². The molecule has 0 saturated heterocycles. The maximum Gasteiger partial charge on any atom is 0.261 e. The van der Waals surface area contributed by atoms with E-state index in [9.17, 15) is 4.79 Å². The minimum Gasteiger partial charge on any atom is -0.346 e. The van der Waals surface area contributed by atoms with Crippen molar-refractivity contribution in [3.05, 3.63) is 58.8 Å². The van der Waals surface area contributed by atoms with E-state index in [0.29, 0.717) is 17.1 Å². The first-order chi connectivity index (χ1) is 9.83. The summed E-state index contributed by atoms with van der Waals surface area (Å²) in [7, 11) is 0. The fraction of sp³-hybridized carbons (Fsp3) is 0.0769. The van der Waals surface area contributed by atoms with E-state index in [1.807, 2.05) is 23.6 Å². The van der Waals surface area contributed by atoms with E-state index in [1.54, 1.807) is 29.3 Å². The van der Waals surface area contributed by atoms with Gasteiger partial charge in [-0.1, -0.05) is 11.3 Å². The molecule has 0 radical (unpaired) electrons. The quantitative estimate of drug-likeness (QED) is 0.791. The smallest absolute Gasteiger partial charge is 0.261 e. The van der Waals surface area contributed by atoms with Crippen LogP contribution in [0.15, 0.2) is 48.2 Å². The number of hydrogen-bond acceptors (Lipinski definition) is 5. The van der Waals surface area contributed by atoms with Gasteiger partial charge in [-0.05, 0) is 23.6 Å². The molecule has 0 bridgehead atoms. The maximum absolute atomic E-state index is 11.8. The number of hydrogen-bond donors (Lipinski definition) is 1. The molecule has 1 amide bonds. The number of nitrogens with zero attached hydrogens (tertiary/aromatic N) is 4. The highest BCUT2D eigenvalue weighted by Crippen LogP contribution is 2.08. The molecule has 0 fully saturated rings. The van der Waals surface area contributed by atoms with Gasteiger partial charge in [0.05, 0.1) is 29.5 Å². The minimum atomic E-state index is -0.101. The Morgan fingerprint density at radius 2 is 2.30 bits per heavy atom. The molecule has 0 unspecified atom stereocenters. The van der Waals surface area contributed by atoms with Crippen molar-refractivity contribution in [2.24, 2.45) is 0 Å². The molecule has 0 aliphatic heterocycles. The van der Waals surface area contributed by atoms with Crippen LogP contribution in [0.4, 0.5) is 0 Å². The van der Waals surface area contributed by atoms with E-state index in [2.05, 4.69) is 20.6 Å². The highest BCUT2D eigenvalue weighted by atomic mass is 32.1. The second kappa shape index (κ2) is 5.62. The summed E-state index contributed by atoms with van der Waals surface area (Å²) in [5.41, 5.74) is 1.52. The van der Waals surface area contributed by atoms with Crippen LogP contribution in [0.3, 0.4) is 0 Å². The molecule has 1 N–H and O–H groups in total. The number of thiophene rings is 1. The van der Waals surface area contributed by atoms with E-state index < -0.39 is 0 Å². The molecule has 0 atom stereocenters. The molecule has 0 saturated carbocycles. The number of carbonyl (C=O) groups excluding carboxylic acids is 1. The first kappa shape index (κ1) is 12.5. The number of rotatable bonds is 4. The van der Waals surface area contributed by atoms with Crippen LogP contribution in [-0.4, -0.2) is 25.9 Å². The largest absolute Gasteiger partial charge is 0.346 e. The van der Waals surface area contributed by atoms with Crippen LogP contribution in [0.5, 0.6) is 0 Å². The van der Waals surface area contributed by atoms with Crippen LogP contribution < -0.4 is 5.32 Å². The van der Waals surface area contributed by atoms with Crippen molar-refractivity contribution < 1.29 is 4.79 Å². The van der Waals surface area contributed by atoms with E-state index in [4.69, 9.17) is 0 Å². The summed E-state index contributed by atoms with van der Waals surface area (Å²) in [6, 6.07) is 7.34. The standard InChI is InChI=1S/C13H11N5OS/c19-13(12-4-2-6-20-12)15-7-10-9-18(17-16-10)11-3-1-5-14-8-11/h1-6,8-9H,7H2,(H,15,19). The summed E-state index contributed by atoms with van der Waals surface area (Å²) in [4.78, 5) is 16.5. The van der Waals surface area contributed by atoms with Gasteiger partial charge in [0.15, 0.2) is 0 Å². The number of carbonyl (C=O) groups is 1. The molecular weight excluding hydrogens is 274 g/mol. The number of aromatic nitrogens is 4. The van der Waals surface area contributed by atoms with Gasteiger partial charge in [-0.15, -0.1) is 16.4 Å². The Labute approximate surface area is 119 Å². The first-order valence-electron chi connectivity index (χ1n) is 5.96. The van der Waals surface area contributed by atoms with Crippen molar-refractivity contribution in [1.29, 1.82) is 0 Å². The van der Waals surface area contributed by atoms with Gasteiger partial charge < -0.3 is 5.32 Å². The Morgan fingerprint density at radius 3 is 3.05 bits per heavy atom. The number of pyridine rings is 1. The van der Waals surface area contributed by atoms with Crippen molar-refractivity contribution in [3.8, 4) is 5.69 Å². The van der Waals surface area contributed by atoms with Crippen LogP contribution in [-0.2, 0) is 6.54 Å². The molecule has 0 spiro atoms. The summed E-state index contributed by atoms with van der Waals surface area (Å²) in [5.74, 6) is -0.101. The first-order valence-corrected chi connectivity index (χ1v) is 6.84. The monoisotopic (exact) mass is 285 g/mol. The van der Waals surface area contributed by atoms with Gasteiger partial charge in [0, 0.05) is 6.20 Å². The van der Waals surface area contributed by atoms with Crippen LogP contribution in [0.25, 0.3) is 5.69 Å². The average Bonchev–Trinajstić information content (AvgIpc) is 3.17. The Kier molecular flexibility index (Phi) is 3.51. The molecule has 0 aliphatic carbocycles. The Hall–Kier alpha value is -2.54. The SMILES string of the molecule is O=C(NCc1cn(-c2cccnc2)nn1)c1cccs1. The normalized spacial score (nSPS) is 10.4. The average molecular weight is 285 g/mol. The zero-order valence-electron chi connectivity index (χ0n) is 10.4. The van der Waals surface area contributed by atoms with Crippen LogP contribution in [0.2, 0.25) is 0 Å². The molecular formula is C13H11N5OS. The maximum atomic E-state index is 11.8. The van der Waals surface area contributed by atoms with E-state index >= 15 is 0 Å². The second-order valence-corrected chi connectivity index (χ2v) is 4.97. The Morgan fingerprint density at radius 1 is 1.35 bits per heavy atom. The third-order valence-electron chi connectivity index (χ3n) is 2.63. The lowest BCUT2D eigenvalue weighted by Crippen LogP contribution is -2.21. The van der Waals surface area contributed by atoms with Gasteiger partial charge >= 0.3 is 0 Å². The fourth-order valence-electron chi connectivity index (χ4n) is 1.66. The molecule has 100 valence electrons. The molecule has 20 heavy (non-hydrogen) atoms. The zero-order chi connectivity index (χ0) is 13.8. The Balaban J connectivity index is 1.65. The minimum absolute atomic E-state index is 0.101. The molecule has 3 aromatic heterocycles. The van der Waals surface area contributed by atoms with Crippen molar-refractivity contribution in [3.63, 3.8) is 0 Å². The highest BCUT2D eigenvalue weighted by molar-refractivity contribution is 7.12. The van der Waals surface area contributed by atoms with Gasteiger partial charge in [0.25, 0.3) is 5.91 Å². The Bertz CT molecular complexity index is 693. The topological polar surface area (TPSA) is 72.7 Å². The van der Waals surface area contributed by atoms with Crippen molar-refractivity contribution in [2.45, 2.75) is 6.54 Å². The fourth-order valence-corrected chi connectivity index (χ4v) is 2.30. The highest BCUT2D eigenvalue weighted by Gasteiger charge is 2.08. The van der Waals surface area contributed by atoms with E-state index in [-0.39, 0.29) is 5.91 Å². The molecule has 0 aliphatic rings. The molecule has 3 rings (SSSR count). The van der Waals surface area contributed by atoms with Crippen molar-refractivity contribution in [1.82, 2.24) is 25.3 Å². The lowest BCUT2D eigenvalue weighted by atomic mass is 10.4. The van der Waals surface area contributed by atoms with Gasteiger partial charge in [-0.3, -0.25) is 9.78 Å². The summed E-state index contributed by atoms with van der Waals surface area (Å²) in [5, 5.41) is 12.7. The summed E-state index contributed by atoms with van der Waals surface area (Å²) >= 11 is 1.41. The summed E-state index contributed by atoms with van der Waals surface area (Å²) in [6.45, 7) is 0.344. The molecule has 7 heteroatoms. The number of amides is 1. The lowest BCUT2D eigenvalue weighted by Gasteiger charge is -1.99. The van der Waals surface area contributed by atoms with Crippen LogP contribution in [0.1, 0.15) is 15.4 Å². The molecule has 6 nitrogen and oxygen atoms in total. The molecule has 0 aromatic carbocycles. The van der Waals surface area contributed by atoms with Gasteiger partial charge in [0.2, 0.25) is 0 Å². The van der Waals surface area contributed by atoms with Crippen LogP contribution >= 0.6 is 11.3 Å². The molecule has 3 aromatic rings. The lowest BCUT2D eigenvalue weighted by molar-refractivity contribution is 0.0954. The van der Waals surface area contributed by atoms with Gasteiger partial charge in [0.1, 0.15) is 5.69 Å². The molecule has 3 heterocycles. The summed E-state index contributed by atoms with van der Waals surface area (Å²) in [6.07, 6.45) is 5.16. The van der Waals surface area contributed by atoms with Crippen molar-refractivity contribution in [2.75, 3.05) is 0 Å². The van der Waals surface area contributed by atoms with Gasteiger partial charge in [-0.25, -0.2) is 4.68 Å². The number of nitrogens with one attached hydrogen (secondary N) is 1. The third-order valence-corrected chi connectivity index (χ3v) is 3.49. The predicted octanol–water partition coefficient (Wildman–Crippen LogP) is 1.65. The zero-order valence-corrected chi connectivity index (χ0v) is 11.2. The predicted molar refractivity (Wildman–Crippen MR) is 74.6 cm³/mol.